The maximum absolute atomic E-state index is 12.9. The molecular formula is C27H23ClN4O3S. The van der Waals surface area contributed by atoms with Crippen LogP contribution in [0.5, 0.6) is 11.5 Å². The zero-order valence-electron chi connectivity index (χ0n) is 19.5. The molecule has 0 saturated heterocycles. The number of hydrogen-bond donors (Lipinski definition) is 2. The highest BCUT2D eigenvalue weighted by atomic mass is 35.5. The number of ether oxygens (including phenoxy) is 1. The van der Waals surface area contributed by atoms with Crippen LogP contribution < -0.4 is 15.4 Å². The quantitative estimate of drug-likeness (QED) is 0.361. The van der Waals surface area contributed by atoms with Gasteiger partial charge in [-0.1, -0.05) is 29.8 Å². The van der Waals surface area contributed by atoms with Gasteiger partial charge in [0.1, 0.15) is 27.9 Å². The number of rotatable bonds is 6. The molecule has 4 aromatic rings. The average Bonchev–Trinajstić information content (AvgIpc) is 3.39. The van der Waals surface area contributed by atoms with Crippen molar-refractivity contribution in [3.05, 3.63) is 93.7 Å². The number of nitrogens with zero attached hydrogens (tertiary/aromatic N) is 2. The first kappa shape index (κ1) is 24.0. The lowest BCUT2D eigenvalue weighted by Crippen LogP contribution is -2.39. The molecule has 9 heteroatoms. The fourth-order valence-electron chi connectivity index (χ4n) is 4.15. The van der Waals surface area contributed by atoms with Crippen LogP contribution in [0.2, 0.25) is 5.02 Å². The molecule has 0 saturated carbocycles. The molecule has 0 radical (unpaired) electrons. The molecule has 2 aromatic carbocycles. The van der Waals surface area contributed by atoms with Crippen molar-refractivity contribution in [3.8, 4) is 22.1 Å². The Labute approximate surface area is 217 Å². The standard InChI is InChI=1S/C27H23ClN4O3S/c1-29-25(33)23-14-22(10-11-30-23)35-21-9-5-16-4-8-20(12-18(16)13-21)31-26(34)24-15-36-27(32-24)17-2-6-19(28)7-3-17/h2-3,5-7,9-11,13-15,20H,4,8,12H2,1H3,(H,29,33)(H,31,34). The highest BCUT2D eigenvalue weighted by molar-refractivity contribution is 7.13. The summed E-state index contributed by atoms with van der Waals surface area (Å²) in [6.45, 7) is 0. The first-order chi connectivity index (χ1) is 17.5. The number of aromatic nitrogens is 2. The number of aryl methyl sites for hydroxylation is 1. The summed E-state index contributed by atoms with van der Waals surface area (Å²) in [5, 5.41) is 8.92. The van der Waals surface area contributed by atoms with Crippen molar-refractivity contribution in [2.24, 2.45) is 0 Å². The van der Waals surface area contributed by atoms with Crippen LogP contribution in [0.25, 0.3) is 10.6 Å². The Balaban J connectivity index is 1.25. The minimum Gasteiger partial charge on any atom is -0.457 e. The molecule has 2 N–H and O–H groups in total. The molecule has 1 aliphatic rings. The van der Waals surface area contributed by atoms with E-state index in [1.54, 1.807) is 30.8 Å². The third kappa shape index (κ3) is 5.40. The molecule has 1 aliphatic carbocycles. The van der Waals surface area contributed by atoms with E-state index in [1.807, 2.05) is 36.4 Å². The third-order valence-corrected chi connectivity index (χ3v) is 7.14. The zero-order chi connectivity index (χ0) is 25.1. The van der Waals surface area contributed by atoms with Gasteiger partial charge < -0.3 is 15.4 Å². The number of fused-ring (bicyclic) bond motifs is 1. The minimum absolute atomic E-state index is 0.00158. The van der Waals surface area contributed by atoms with E-state index in [0.29, 0.717) is 28.6 Å². The molecule has 1 atom stereocenters. The van der Waals surface area contributed by atoms with Crippen LogP contribution in [0.4, 0.5) is 0 Å². The smallest absolute Gasteiger partial charge is 0.271 e. The molecule has 5 rings (SSSR count). The highest BCUT2D eigenvalue weighted by Crippen LogP contribution is 2.29. The number of pyridine rings is 1. The molecule has 2 heterocycles. The largest absolute Gasteiger partial charge is 0.457 e. The third-order valence-electron chi connectivity index (χ3n) is 6.00. The second-order valence-electron chi connectivity index (χ2n) is 8.45. The van der Waals surface area contributed by atoms with Gasteiger partial charge >= 0.3 is 0 Å². The number of amides is 2. The summed E-state index contributed by atoms with van der Waals surface area (Å²) >= 11 is 7.40. The van der Waals surface area contributed by atoms with E-state index in [4.69, 9.17) is 16.3 Å². The zero-order valence-corrected chi connectivity index (χ0v) is 21.0. The summed E-state index contributed by atoms with van der Waals surface area (Å²) in [5.41, 5.74) is 4.01. The molecule has 2 aromatic heterocycles. The van der Waals surface area contributed by atoms with Gasteiger partial charge in [0.2, 0.25) is 0 Å². The van der Waals surface area contributed by atoms with Crippen LogP contribution in [0.3, 0.4) is 0 Å². The van der Waals surface area contributed by atoms with Gasteiger partial charge in [-0.3, -0.25) is 14.6 Å². The molecule has 0 aliphatic heterocycles. The Hall–Kier alpha value is -3.75. The molecule has 2 amide bonds. The lowest BCUT2D eigenvalue weighted by atomic mass is 9.88. The summed E-state index contributed by atoms with van der Waals surface area (Å²) in [6.07, 6.45) is 3.96. The van der Waals surface area contributed by atoms with Crippen LogP contribution in [0, 0.1) is 0 Å². The molecule has 182 valence electrons. The van der Waals surface area contributed by atoms with Crippen molar-refractivity contribution >= 4 is 34.8 Å². The van der Waals surface area contributed by atoms with Gasteiger partial charge in [-0.25, -0.2) is 4.98 Å². The molecule has 0 fully saturated rings. The fourth-order valence-corrected chi connectivity index (χ4v) is 5.08. The van der Waals surface area contributed by atoms with E-state index < -0.39 is 0 Å². The number of halogens is 1. The van der Waals surface area contributed by atoms with Crippen molar-refractivity contribution in [3.63, 3.8) is 0 Å². The van der Waals surface area contributed by atoms with Crippen molar-refractivity contribution in [2.45, 2.75) is 25.3 Å². The van der Waals surface area contributed by atoms with E-state index in [2.05, 4.69) is 26.7 Å². The number of carbonyl (C=O) groups excluding carboxylic acids is 2. The lowest BCUT2D eigenvalue weighted by molar-refractivity contribution is 0.0927. The first-order valence-electron chi connectivity index (χ1n) is 11.5. The number of thiazole rings is 1. The Kier molecular flexibility index (Phi) is 6.97. The molecule has 7 nitrogen and oxygen atoms in total. The molecule has 1 unspecified atom stereocenters. The average molecular weight is 519 g/mol. The van der Waals surface area contributed by atoms with Crippen molar-refractivity contribution in [2.75, 3.05) is 7.05 Å². The first-order valence-corrected chi connectivity index (χ1v) is 12.7. The summed E-state index contributed by atoms with van der Waals surface area (Å²) in [5.74, 6) is 0.752. The molecular weight excluding hydrogens is 496 g/mol. The van der Waals surface area contributed by atoms with Gasteiger partial charge in [0, 0.05) is 41.3 Å². The predicted molar refractivity (Wildman–Crippen MR) is 140 cm³/mol. The summed E-state index contributed by atoms with van der Waals surface area (Å²) in [4.78, 5) is 33.3. The minimum atomic E-state index is -0.273. The van der Waals surface area contributed by atoms with Crippen LogP contribution in [-0.2, 0) is 12.8 Å². The Morgan fingerprint density at radius 2 is 1.81 bits per heavy atom. The van der Waals surface area contributed by atoms with Crippen LogP contribution in [-0.4, -0.2) is 34.9 Å². The SMILES string of the molecule is CNC(=O)c1cc(Oc2ccc3c(c2)CC(NC(=O)c2csc(-c4ccc(Cl)cc4)n2)CC3)ccn1. The number of carbonyl (C=O) groups is 2. The molecule has 0 spiro atoms. The highest BCUT2D eigenvalue weighted by Gasteiger charge is 2.22. The van der Waals surface area contributed by atoms with E-state index in [0.717, 1.165) is 29.0 Å². The topological polar surface area (TPSA) is 93.2 Å². The van der Waals surface area contributed by atoms with Crippen LogP contribution in [0.1, 0.15) is 38.5 Å². The van der Waals surface area contributed by atoms with Gasteiger partial charge in [0.15, 0.2) is 0 Å². The lowest BCUT2D eigenvalue weighted by Gasteiger charge is -2.25. The summed E-state index contributed by atoms with van der Waals surface area (Å²) < 4.78 is 5.99. The van der Waals surface area contributed by atoms with E-state index in [9.17, 15) is 9.59 Å². The number of nitrogens with one attached hydrogen (secondary N) is 2. The second-order valence-corrected chi connectivity index (χ2v) is 9.74. The maximum Gasteiger partial charge on any atom is 0.271 e. The van der Waals surface area contributed by atoms with Crippen LogP contribution >= 0.6 is 22.9 Å². The van der Waals surface area contributed by atoms with Gasteiger partial charge in [-0.05, 0) is 60.7 Å². The second kappa shape index (κ2) is 10.5. The van der Waals surface area contributed by atoms with Crippen molar-refractivity contribution < 1.29 is 14.3 Å². The van der Waals surface area contributed by atoms with E-state index in [1.165, 1.54) is 16.9 Å². The number of benzene rings is 2. The Bertz CT molecular complexity index is 1420. The maximum atomic E-state index is 12.9. The predicted octanol–water partition coefficient (Wildman–Crippen LogP) is 5.30. The van der Waals surface area contributed by atoms with Crippen molar-refractivity contribution in [1.29, 1.82) is 0 Å². The van der Waals surface area contributed by atoms with Crippen LogP contribution in [0.15, 0.2) is 66.2 Å². The van der Waals surface area contributed by atoms with Crippen molar-refractivity contribution in [1.82, 2.24) is 20.6 Å². The van der Waals surface area contributed by atoms with Gasteiger partial charge in [0.05, 0.1) is 0 Å². The fraction of sp³-hybridized carbons (Fsp3) is 0.185. The van der Waals surface area contributed by atoms with Gasteiger partial charge in [0.25, 0.3) is 11.8 Å². The monoisotopic (exact) mass is 518 g/mol. The Morgan fingerprint density at radius 1 is 1.00 bits per heavy atom. The Morgan fingerprint density at radius 3 is 2.61 bits per heavy atom. The van der Waals surface area contributed by atoms with Gasteiger partial charge in [-0.15, -0.1) is 11.3 Å². The van der Waals surface area contributed by atoms with Gasteiger partial charge in [-0.2, -0.15) is 0 Å². The summed E-state index contributed by atoms with van der Waals surface area (Å²) in [6, 6.07) is 16.7. The number of hydrogen-bond acceptors (Lipinski definition) is 6. The summed E-state index contributed by atoms with van der Waals surface area (Å²) in [7, 11) is 1.56. The normalized spacial score (nSPS) is 14.6. The molecule has 36 heavy (non-hydrogen) atoms. The van der Waals surface area contributed by atoms with E-state index in [-0.39, 0.29) is 23.6 Å². The van der Waals surface area contributed by atoms with E-state index >= 15 is 0 Å². The molecule has 0 bridgehead atoms.